The zero-order valence-electron chi connectivity index (χ0n) is 9.52. The molecule has 0 heterocycles. The van der Waals surface area contributed by atoms with Gasteiger partial charge < -0.3 is 0 Å². The molecular formula is C13H19Cl. The van der Waals surface area contributed by atoms with Crippen molar-refractivity contribution < 1.29 is 0 Å². The van der Waals surface area contributed by atoms with Crippen LogP contribution in [0.25, 0.3) is 0 Å². The summed E-state index contributed by atoms with van der Waals surface area (Å²) in [5.74, 6) is 0.685. The maximum absolute atomic E-state index is 6.14. The molecule has 0 aliphatic carbocycles. The van der Waals surface area contributed by atoms with Crippen molar-refractivity contribution in [1.29, 1.82) is 0 Å². The van der Waals surface area contributed by atoms with E-state index in [0.717, 1.165) is 5.02 Å². The SMILES string of the molecule is CCC(CC)c1cc(C)c(Cl)c(C)c1. The summed E-state index contributed by atoms with van der Waals surface area (Å²) in [5, 5.41) is 0.916. The summed E-state index contributed by atoms with van der Waals surface area (Å²) in [4.78, 5) is 0. The van der Waals surface area contributed by atoms with Crippen molar-refractivity contribution in [2.45, 2.75) is 46.5 Å². The molecule has 0 N–H and O–H groups in total. The Labute approximate surface area is 92.3 Å². The lowest BCUT2D eigenvalue weighted by atomic mass is 9.91. The van der Waals surface area contributed by atoms with Crippen LogP contribution >= 0.6 is 11.6 Å². The van der Waals surface area contributed by atoms with E-state index >= 15 is 0 Å². The smallest absolute Gasteiger partial charge is 0.0464 e. The number of benzene rings is 1. The molecule has 0 aliphatic rings. The fourth-order valence-electron chi connectivity index (χ4n) is 1.98. The molecule has 1 heteroatoms. The van der Waals surface area contributed by atoms with E-state index in [1.54, 1.807) is 0 Å². The van der Waals surface area contributed by atoms with Crippen LogP contribution in [-0.2, 0) is 0 Å². The molecule has 0 nitrogen and oxygen atoms in total. The molecule has 0 saturated carbocycles. The molecule has 0 saturated heterocycles. The molecule has 0 radical (unpaired) electrons. The molecule has 0 unspecified atom stereocenters. The normalized spacial score (nSPS) is 11.0. The standard InChI is InChI=1S/C13H19Cl/c1-5-11(6-2)12-7-9(3)13(14)10(4)8-12/h7-8,11H,5-6H2,1-4H3. The van der Waals surface area contributed by atoms with Crippen LogP contribution in [0.15, 0.2) is 12.1 Å². The molecule has 1 rings (SSSR count). The highest BCUT2D eigenvalue weighted by molar-refractivity contribution is 6.32. The lowest BCUT2D eigenvalue weighted by molar-refractivity contribution is 0.641. The number of rotatable bonds is 3. The Bertz CT molecular complexity index is 288. The van der Waals surface area contributed by atoms with E-state index < -0.39 is 0 Å². The summed E-state index contributed by atoms with van der Waals surface area (Å²) in [6.45, 7) is 8.66. The summed E-state index contributed by atoms with van der Waals surface area (Å²) >= 11 is 6.14. The molecule has 0 spiro atoms. The van der Waals surface area contributed by atoms with Crippen LogP contribution in [0, 0.1) is 13.8 Å². The fraction of sp³-hybridized carbons (Fsp3) is 0.538. The number of halogens is 1. The van der Waals surface area contributed by atoms with E-state index in [-0.39, 0.29) is 0 Å². The molecule has 0 bridgehead atoms. The molecule has 14 heavy (non-hydrogen) atoms. The quantitative estimate of drug-likeness (QED) is 0.669. The minimum absolute atomic E-state index is 0.685. The Morgan fingerprint density at radius 3 is 1.86 bits per heavy atom. The van der Waals surface area contributed by atoms with Gasteiger partial charge in [-0.25, -0.2) is 0 Å². The van der Waals surface area contributed by atoms with Crippen LogP contribution in [0.3, 0.4) is 0 Å². The summed E-state index contributed by atoms with van der Waals surface area (Å²) in [6, 6.07) is 4.46. The van der Waals surface area contributed by atoms with Crippen molar-refractivity contribution in [3.8, 4) is 0 Å². The third-order valence-electron chi connectivity index (χ3n) is 2.92. The molecular weight excluding hydrogens is 192 g/mol. The predicted molar refractivity (Wildman–Crippen MR) is 64.2 cm³/mol. The first-order chi connectivity index (χ1) is 6.60. The summed E-state index contributed by atoms with van der Waals surface area (Å²) in [5.41, 5.74) is 3.84. The van der Waals surface area contributed by atoms with Crippen molar-refractivity contribution in [1.82, 2.24) is 0 Å². The van der Waals surface area contributed by atoms with Crippen LogP contribution in [0.4, 0.5) is 0 Å². The first kappa shape index (κ1) is 11.6. The van der Waals surface area contributed by atoms with Gasteiger partial charge in [-0.05, 0) is 49.3 Å². The van der Waals surface area contributed by atoms with Crippen LogP contribution in [0.2, 0.25) is 5.02 Å². The molecule has 78 valence electrons. The van der Waals surface area contributed by atoms with Crippen molar-refractivity contribution in [2.75, 3.05) is 0 Å². The fourth-order valence-corrected chi connectivity index (χ4v) is 2.08. The summed E-state index contributed by atoms with van der Waals surface area (Å²) in [7, 11) is 0. The maximum atomic E-state index is 6.14. The zero-order chi connectivity index (χ0) is 10.7. The molecule has 0 aromatic heterocycles. The van der Waals surface area contributed by atoms with Crippen molar-refractivity contribution in [2.24, 2.45) is 0 Å². The van der Waals surface area contributed by atoms with E-state index in [1.165, 1.54) is 29.5 Å². The average molecular weight is 211 g/mol. The third kappa shape index (κ3) is 2.30. The van der Waals surface area contributed by atoms with Crippen molar-refractivity contribution in [3.05, 3.63) is 33.8 Å². The van der Waals surface area contributed by atoms with E-state index in [9.17, 15) is 0 Å². The van der Waals surface area contributed by atoms with Gasteiger partial charge >= 0.3 is 0 Å². The minimum atomic E-state index is 0.685. The van der Waals surface area contributed by atoms with Crippen molar-refractivity contribution >= 4 is 11.6 Å². The van der Waals surface area contributed by atoms with E-state index in [0.29, 0.717) is 5.92 Å². The highest BCUT2D eigenvalue weighted by Gasteiger charge is 2.09. The van der Waals surface area contributed by atoms with Gasteiger partial charge in [0.05, 0.1) is 0 Å². The molecule has 0 fully saturated rings. The first-order valence-corrected chi connectivity index (χ1v) is 5.74. The number of aryl methyl sites for hydroxylation is 2. The largest absolute Gasteiger partial charge is 0.0838 e. The third-order valence-corrected chi connectivity index (χ3v) is 3.51. The Morgan fingerprint density at radius 2 is 1.50 bits per heavy atom. The van der Waals surface area contributed by atoms with E-state index in [2.05, 4.69) is 39.8 Å². The highest BCUT2D eigenvalue weighted by Crippen LogP contribution is 2.29. The van der Waals surface area contributed by atoms with Crippen LogP contribution in [-0.4, -0.2) is 0 Å². The number of hydrogen-bond acceptors (Lipinski definition) is 0. The van der Waals surface area contributed by atoms with Gasteiger partial charge in [-0.2, -0.15) is 0 Å². The second-order valence-electron chi connectivity index (χ2n) is 3.98. The van der Waals surface area contributed by atoms with Gasteiger partial charge in [0, 0.05) is 5.02 Å². The maximum Gasteiger partial charge on any atom is 0.0464 e. The van der Waals surface area contributed by atoms with Crippen molar-refractivity contribution in [3.63, 3.8) is 0 Å². The van der Waals surface area contributed by atoms with Gasteiger partial charge in [0.2, 0.25) is 0 Å². The van der Waals surface area contributed by atoms with Gasteiger partial charge in [0.15, 0.2) is 0 Å². The molecule has 1 aromatic carbocycles. The monoisotopic (exact) mass is 210 g/mol. The van der Waals surface area contributed by atoms with E-state index in [4.69, 9.17) is 11.6 Å². The van der Waals surface area contributed by atoms with Gasteiger partial charge in [-0.1, -0.05) is 37.6 Å². The Morgan fingerprint density at radius 1 is 1.07 bits per heavy atom. The Hall–Kier alpha value is -0.490. The van der Waals surface area contributed by atoms with Gasteiger partial charge in [-0.3, -0.25) is 0 Å². The molecule has 0 aliphatic heterocycles. The molecule has 0 atom stereocenters. The van der Waals surface area contributed by atoms with Gasteiger partial charge in [-0.15, -0.1) is 0 Å². The van der Waals surface area contributed by atoms with E-state index in [1.807, 2.05) is 0 Å². The zero-order valence-corrected chi connectivity index (χ0v) is 10.3. The minimum Gasteiger partial charge on any atom is -0.0838 e. The predicted octanol–water partition coefficient (Wildman–Crippen LogP) is 4.86. The second kappa shape index (κ2) is 4.84. The summed E-state index contributed by atoms with van der Waals surface area (Å²) in [6.07, 6.45) is 2.41. The van der Waals surface area contributed by atoms with Crippen LogP contribution < -0.4 is 0 Å². The average Bonchev–Trinajstić information content (AvgIpc) is 2.16. The Balaban J connectivity index is 3.11. The number of hydrogen-bond donors (Lipinski definition) is 0. The lowest BCUT2D eigenvalue weighted by Gasteiger charge is -2.15. The summed E-state index contributed by atoms with van der Waals surface area (Å²) < 4.78 is 0. The highest BCUT2D eigenvalue weighted by atomic mass is 35.5. The van der Waals surface area contributed by atoms with Crippen LogP contribution in [0.5, 0.6) is 0 Å². The second-order valence-corrected chi connectivity index (χ2v) is 4.36. The topological polar surface area (TPSA) is 0 Å². The molecule has 0 amide bonds. The molecule has 1 aromatic rings. The van der Waals surface area contributed by atoms with Gasteiger partial charge in [0.1, 0.15) is 0 Å². The van der Waals surface area contributed by atoms with Crippen LogP contribution in [0.1, 0.15) is 49.3 Å². The Kier molecular flexibility index (Phi) is 4.00. The van der Waals surface area contributed by atoms with Gasteiger partial charge in [0.25, 0.3) is 0 Å². The lowest BCUT2D eigenvalue weighted by Crippen LogP contribution is -1.97. The first-order valence-electron chi connectivity index (χ1n) is 5.36.